The number of hydrogen-bond acceptors (Lipinski definition) is 2. The lowest BCUT2D eigenvalue weighted by atomic mass is 10.0. The van der Waals surface area contributed by atoms with Crippen LogP contribution in [0.3, 0.4) is 0 Å². The summed E-state index contributed by atoms with van der Waals surface area (Å²) >= 11 is 0. The lowest BCUT2D eigenvalue weighted by molar-refractivity contribution is 0.000504. The number of rotatable bonds is 2. The quantitative estimate of drug-likeness (QED) is 0.892. The van der Waals surface area contributed by atoms with Crippen LogP contribution in [-0.2, 0) is 4.74 Å². The van der Waals surface area contributed by atoms with Gasteiger partial charge in [0, 0.05) is 12.1 Å². The molecule has 2 aromatic rings. The molecule has 98 valence electrons. The van der Waals surface area contributed by atoms with E-state index in [9.17, 15) is 4.39 Å². The van der Waals surface area contributed by atoms with Crippen LogP contribution in [0.1, 0.15) is 23.3 Å². The molecule has 0 bridgehead atoms. The van der Waals surface area contributed by atoms with Crippen molar-refractivity contribution in [3.8, 4) is 0 Å². The van der Waals surface area contributed by atoms with E-state index in [4.69, 9.17) is 4.74 Å². The van der Waals surface area contributed by atoms with Crippen LogP contribution in [0.25, 0.3) is 0 Å². The summed E-state index contributed by atoms with van der Waals surface area (Å²) in [4.78, 5) is 0. The molecule has 2 nitrogen and oxygen atoms in total. The molecule has 3 rings (SSSR count). The molecule has 0 aromatic heterocycles. The van der Waals surface area contributed by atoms with Gasteiger partial charge in [0.1, 0.15) is 5.82 Å². The maximum absolute atomic E-state index is 13.7. The zero-order valence-corrected chi connectivity index (χ0v) is 10.6. The monoisotopic (exact) mass is 257 g/mol. The van der Waals surface area contributed by atoms with Gasteiger partial charge in [-0.3, -0.25) is 0 Å². The second-order valence-corrected chi connectivity index (χ2v) is 4.72. The molecule has 2 atom stereocenters. The fraction of sp³-hybridized carbons (Fsp3) is 0.250. The number of halogens is 1. The van der Waals surface area contributed by atoms with E-state index in [2.05, 4.69) is 17.4 Å². The van der Waals surface area contributed by atoms with Crippen LogP contribution in [0, 0.1) is 5.82 Å². The first-order valence-corrected chi connectivity index (χ1v) is 6.49. The predicted octanol–water partition coefficient (Wildman–Crippen LogP) is 3.23. The van der Waals surface area contributed by atoms with E-state index >= 15 is 0 Å². The smallest absolute Gasteiger partial charge is 0.129 e. The molecule has 1 aliphatic rings. The number of nitrogens with one attached hydrogen (secondary N) is 1. The minimum Gasteiger partial charge on any atom is -0.370 e. The summed E-state index contributed by atoms with van der Waals surface area (Å²) < 4.78 is 19.5. The molecule has 0 saturated carbocycles. The first-order chi connectivity index (χ1) is 9.34. The molecule has 0 aliphatic carbocycles. The highest BCUT2D eigenvalue weighted by Gasteiger charge is 2.24. The van der Waals surface area contributed by atoms with Crippen molar-refractivity contribution in [2.45, 2.75) is 12.1 Å². The summed E-state index contributed by atoms with van der Waals surface area (Å²) in [5, 5.41) is 3.42. The van der Waals surface area contributed by atoms with Crippen molar-refractivity contribution < 1.29 is 9.13 Å². The molecule has 19 heavy (non-hydrogen) atoms. The molecular formula is C16H16FNO. The molecule has 3 heteroatoms. The third kappa shape index (κ3) is 2.67. The molecule has 1 aliphatic heterocycles. The number of hydrogen-bond donors (Lipinski definition) is 1. The minimum absolute atomic E-state index is 0.184. The maximum Gasteiger partial charge on any atom is 0.129 e. The molecule has 1 fully saturated rings. The average molecular weight is 257 g/mol. The van der Waals surface area contributed by atoms with E-state index in [1.54, 1.807) is 12.1 Å². The van der Waals surface area contributed by atoms with Crippen molar-refractivity contribution in [3.05, 3.63) is 71.5 Å². The van der Waals surface area contributed by atoms with Crippen molar-refractivity contribution in [1.29, 1.82) is 0 Å². The van der Waals surface area contributed by atoms with Crippen LogP contribution in [0.2, 0.25) is 0 Å². The van der Waals surface area contributed by atoms with Crippen LogP contribution in [0.15, 0.2) is 54.6 Å². The normalized spacial score (nSPS) is 23.2. The zero-order chi connectivity index (χ0) is 13.1. The number of ether oxygens (including phenoxy) is 1. The molecule has 1 saturated heterocycles. The van der Waals surface area contributed by atoms with Gasteiger partial charge in [-0.05, 0) is 11.6 Å². The van der Waals surface area contributed by atoms with Crippen LogP contribution in [0.5, 0.6) is 0 Å². The molecule has 0 amide bonds. The van der Waals surface area contributed by atoms with Gasteiger partial charge in [-0.25, -0.2) is 4.39 Å². The fourth-order valence-electron chi connectivity index (χ4n) is 2.41. The highest BCUT2D eigenvalue weighted by atomic mass is 19.1. The third-order valence-electron chi connectivity index (χ3n) is 3.47. The molecule has 1 N–H and O–H groups in total. The van der Waals surface area contributed by atoms with Gasteiger partial charge in [0.2, 0.25) is 0 Å². The van der Waals surface area contributed by atoms with Gasteiger partial charge < -0.3 is 10.1 Å². The lowest BCUT2D eigenvalue weighted by Crippen LogP contribution is -2.37. The Labute approximate surface area is 112 Å². The van der Waals surface area contributed by atoms with E-state index in [-0.39, 0.29) is 18.0 Å². The minimum atomic E-state index is -0.207. The van der Waals surface area contributed by atoms with E-state index < -0.39 is 0 Å². The zero-order valence-electron chi connectivity index (χ0n) is 10.6. The van der Waals surface area contributed by atoms with Crippen molar-refractivity contribution in [3.63, 3.8) is 0 Å². The van der Waals surface area contributed by atoms with Crippen molar-refractivity contribution in [2.75, 3.05) is 13.2 Å². The van der Waals surface area contributed by atoms with Gasteiger partial charge in [0.25, 0.3) is 0 Å². The Kier molecular flexibility index (Phi) is 3.58. The van der Waals surface area contributed by atoms with Gasteiger partial charge in [0.15, 0.2) is 0 Å². The largest absolute Gasteiger partial charge is 0.370 e. The molecule has 2 aromatic carbocycles. The van der Waals surface area contributed by atoms with E-state index in [0.717, 1.165) is 0 Å². The topological polar surface area (TPSA) is 21.3 Å². The van der Waals surface area contributed by atoms with E-state index in [0.29, 0.717) is 18.7 Å². The van der Waals surface area contributed by atoms with Crippen LogP contribution in [0.4, 0.5) is 4.39 Å². The van der Waals surface area contributed by atoms with Crippen molar-refractivity contribution >= 4 is 0 Å². The van der Waals surface area contributed by atoms with Gasteiger partial charge in [0.05, 0.1) is 18.8 Å². The first kappa shape index (κ1) is 12.3. The molecule has 2 unspecified atom stereocenters. The second kappa shape index (κ2) is 5.51. The average Bonchev–Trinajstić information content (AvgIpc) is 2.49. The summed E-state index contributed by atoms with van der Waals surface area (Å²) in [7, 11) is 0. The Hall–Kier alpha value is -1.71. The van der Waals surface area contributed by atoms with Gasteiger partial charge >= 0.3 is 0 Å². The molecule has 0 spiro atoms. The van der Waals surface area contributed by atoms with Gasteiger partial charge in [-0.1, -0.05) is 48.5 Å². The fourth-order valence-corrected chi connectivity index (χ4v) is 2.41. The highest BCUT2D eigenvalue weighted by Crippen LogP contribution is 2.26. The Morgan fingerprint density at radius 1 is 1.00 bits per heavy atom. The van der Waals surface area contributed by atoms with Crippen molar-refractivity contribution in [2.24, 2.45) is 0 Å². The standard InChI is InChI=1S/C16H16FNO/c17-14-9-5-4-8-13(14)16-10-18-15(11-19-16)12-6-2-1-3-7-12/h1-9,15-16,18H,10-11H2. The van der Waals surface area contributed by atoms with Crippen LogP contribution >= 0.6 is 0 Å². The summed E-state index contributed by atoms with van der Waals surface area (Å²) in [6, 6.07) is 17.1. The van der Waals surface area contributed by atoms with Gasteiger partial charge in [-0.15, -0.1) is 0 Å². The maximum atomic E-state index is 13.7. The SMILES string of the molecule is Fc1ccccc1C1CNC(c2ccccc2)CO1. The Morgan fingerprint density at radius 2 is 1.74 bits per heavy atom. The van der Waals surface area contributed by atoms with E-state index in [1.807, 2.05) is 24.3 Å². The number of morpholine rings is 1. The van der Waals surface area contributed by atoms with Gasteiger partial charge in [-0.2, -0.15) is 0 Å². The molecule has 0 radical (unpaired) electrons. The van der Waals surface area contributed by atoms with E-state index in [1.165, 1.54) is 11.6 Å². The lowest BCUT2D eigenvalue weighted by Gasteiger charge is -2.31. The number of benzene rings is 2. The molecular weight excluding hydrogens is 241 g/mol. The summed E-state index contributed by atoms with van der Waals surface area (Å²) in [6.45, 7) is 1.18. The summed E-state index contributed by atoms with van der Waals surface area (Å²) in [5.74, 6) is -0.201. The Balaban J connectivity index is 1.69. The summed E-state index contributed by atoms with van der Waals surface area (Å²) in [6.07, 6.45) is -0.207. The second-order valence-electron chi connectivity index (χ2n) is 4.72. The summed E-state index contributed by atoms with van der Waals surface area (Å²) in [5.41, 5.74) is 1.83. The third-order valence-corrected chi connectivity index (χ3v) is 3.47. The Morgan fingerprint density at radius 3 is 2.42 bits per heavy atom. The van der Waals surface area contributed by atoms with Crippen LogP contribution < -0.4 is 5.32 Å². The van der Waals surface area contributed by atoms with Crippen LogP contribution in [-0.4, -0.2) is 13.2 Å². The first-order valence-electron chi connectivity index (χ1n) is 6.49. The predicted molar refractivity (Wildman–Crippen MR) is 72.3 cm³/mol. The molecule has 1 heterocycles. The highest BCUT2D eigenvalue weighted by molar-refractivity contribution is 5.23. The van der Waals surface area contributed by atoms with Crippen molar-refractivity contribution in [1.82, 2.24) is 5.32 Å². The Bertz CT molecular complexity index is 535.